The molecule has 1 heteroatoms. The number of hydrogen-bond acceptors (Lipinski definition) is 0. The lowest BCUT2D eigenvalue weighted by atomic mass is 10.1. The first-order chi connectivity index (χ1) is 8.60. The maximum absolute atomic E-state index is 5.42. The SMILES string of the molecule is C#CC[N+](C)(C)[C@H](C#Cc1ccccc1)CC=C. The molecule has 0 aromatic heterocycles. The highest BCUT2D eigenvalue weighted by atomic mass is 15.3. The maximum atomic E-state index is 5.42. The van der Waals surface area contributed by atoms with Gasteiger partial charge < -0.3 is 4.48 Å². The zero-order chi connectivity index (χ0) is 13.4. The second-order valence-corrected chi connectivity index (χ2v) is 4.82. The van der Waals surface area contributed by atoms with Crippen molar-refractivity contribution < 1.29 is 4.48 Å². The van der Waals surface area contributed by atoms with Crippen LogP contribution in [0.4, 0.5) is 0 Å². The number of benzene rings is 1. The van der Waals surface area contributed by atoms with Crippen LogP contribution in [0.2, 0.25) is 0 Å². The van der Waals surface area contributed by atoms with E-state index < -0.39 is 0 Å². The van der Waals surface area contributed by atoms with Crippen molar-refractivity contribution in [3.8, 4) is 24.2 Å². The molecule has 18 heavy (non-hydrogen) atoms. The normalized spacial score (nSPS) is 11.8. The highest BCUT2D eigenvalue weighted by molar-refractivity contribution is 5.34. The fourth-order valence-corrected chi connectivity index (χ4v) is 1.71. The van der Waals surface area contributed by atoms with Gasteiger partial charge in [0.1, 0.15) is 6.54 Å². The summed E-state index contributed by atoms with van der Waals surface area (Å²) in [6.07, 6.45) is 8.16. The van der Waals surface area contributed by atoms with Crippen LogP contribution >= 0.6 is 0 Å². The Labute approximate surface area is 111 Å². The molecule has 0 aliphatic rings. The molecule has 1 rings (SSSR count). The van der Waals surface area contributed by atoms with E-state index in [9.17, 15) is 0 Å². The molecule has 0 fully saturated rings. The molecule has 0 saturated heterocycles. The summed E-state index contributed by atoms with van der Waals surface area (Å²) in [5, 5.41) is 0. The Kier molecular flexibility index (Phi) is 5.25. The molecular formula is C17H20N+. The summed E-state index contributed by atoms with van der Waals surface area (Å²) < 4.78 is 0.697. The number of nitrogens with zero attached hydrogens (tertiary/aromatic N) is 1. The molecule has 1 aromatic carbocycles. The lowest BCUT2D eigenvalue weighted by Crippen LogP contribution is -2.48. The molecule has 0 unspecified atom stereocenters. The van der Waals surface area contributed by atoms with Crippen molar-refractivity contribution in [1.82, 2.24) is 0 Å². The quantitative estimate of drug-likeness (QED) is 0.430. The van der Waals surface area contributed by atoms with E-state index in [1.807, 2.05) is 36.4 Å². The van der Waals surface area contributed by atoms with Gasteiger partial charge in [0.05, 0.1) is 14.1 Å². The molecular weight excluding hydrogens is 218 g/mol. The topological polar surface area (TPSA) is 0 Å². The predicted octanol–water partition coefficient (Wildman–Crippen LogP) is 2.69. The highest BCUT2D eigenvalue weighted by Gasteiger charge is 2.24. The molecule has 0 amide bonds. The third-order valence-electron chi connectivity index (χ3n) is 2.89. The Morgan fingerprint density at radius 3 is 2.56 bits per heavy atom. The second-order valence-electron chi connectivity index (χ2n) is 4.82. The molecule has 0 N–H and O–H groups in total. The van der Waals surface area contributed by atoms with Gasteiger partial charge in [-0.25, -0.2) is 0 Å². The van der Waals surface area contributed by atoms with Crippen LogP contribution < -0.4 is 0 Å². The Morgan fingerprint density at radius 1 is 1.33 bits per heavy atom. The van der Waals surface area contributed by atoms with Crippen LogP contribution in [0, 0.1) is 24.2 Å². The molecule has 0 heterocycles. The summed E-state index contributed by atoms with van der Waals surface area (Å²) in [4.78, 5) is 0. The van der Waals surface area contributed by atoms with E-state index in [2.05, 4.69) is 38.4 Å². The lowest BCUT2D eigenvalue weighted by molar-refractivity contribution is -0.899. The van der Waals surface area contributed by atoms with Crippen LogP contribution in [0.25, 0.3) is 0 Å². The van der Waals surface area contributed by atoms with Crippen molar-refractivity contribution in [2.75, 3.05) is 20.6 Å². The summed E-state index contributed by atoms with van der Waals surface area (Å²) in [6, 6.07) is 10.2. The van der Waals surface area contributed by atoms with Crippen molar-refractivity contribution in [1.29, 1.82) is 0 Å². The van der Waals surface area contributed by atoms with E-state index >= 15 is 0 Å². The predicted molar refractivity (Wildman–Crippen MR) is 77.7 cm³/mol. The molecule has 0 bridgehead atoms. The number of hydrogen-bond donors (Lipinski definition) is 0. The van der Waals surface area contributed by atoms with Crippen molar-refractivity contribution >= 4 is 0 Å². The molecule has 0 radical (unpaired) electrons. The van der Waals surface area contributed by atoms with E-state index in [0.29, 0.717) is 11.0 Å². The summed E-state index contributed by atoms with van der Waals surface area (Å²) in [6.45, 7) is 4.47. The largest absolute Gasteiger partial charge is 0.306 e. The molecule has 1 aromatic rings. The van der Waals surface area contributed by atoms with Crippen LogP contribution in [0.3, 0.4) is 0 Å². The van der Waals surface area contributed by atoms with Gasteiger partial charge in [0.15, 0.2) is 6.04 Å². The summed E-state index contributed by atoms with van der Waals surface area (Å²) >= 11 is 0. The highest BCUT2D eigenvalue weighted by Crippen LogP contribution is 2.10. The number of rotatable bonds is 4. The molecule has 92 valence electrons. The monoisotopic (exact) mass is 238 g/mol. The number of terminal acetylenes is 1. The fraction of sp³-hybridized carbons (Fsp3) is 0.294. The van der Waals surface area contributed by atoms with E-state index in [1.54, 1.807) is 0 Å². The van der Waals surface area contributed by atoms with Crippen LogP contribution in [0.15, 0.2) is 43.0 Å². The van der Waals surface area contributed by atoms with Crippen molar-refractivity contribution in [3.63, 3.8) is 0 Å². The smallest absolute Gasteiger partial charge is 0.155 e. The average molecular weight is 238 g/mol. The van der Waals surface area contributed by atoms with Gasteiger partial charge in [-0.2, -0.15) is 0 Å². The van der Waals surface area contributed by atoms with Crippen molar-refractivity contribution in [2.45, 2.75) is 12.5 Å². The molecule has 1 atom stereocenters. The molecule has 1 nitrogen and oxygen atoms in total. The zero-order valence-corrected chi connectivity index (χ0v) is 11.2. The molecule has 0 spiro atoms. The summed E-state index contributed by atoms with van der Waals surface area (Å²) in [5.74, 6) is 9.24. The van der Waals surface area contributed by atoms with E-state index in [1.165, 1.54) is 0 Å². The summed E-state index contributed by atoms with van der Waals surface area (Å²) in [5.41, 5.74) is 1.03. The Hall–Kier alpha value is -1.96. The van der Waals surface area contributed by atoms with Crippen LogP contribution in [-0.4, -0.2) is 31.2 Å². The third-order valence-corrected chi connectivity index (χ3v) is 2.89. The van der Waals surface area contributed by atoms with Crippen molar-refractivity contribution in [3.05, 3.63) is 48.6 Å². The fourth-order valence-electron chi connectivity index (χ4n) is 1.71. The van der Waals surface area contributed by atoms with Gasteiger partial charge in [0.2, 0.25) is 0 Å². The minimum absolute atomic E-state index is 0.179. The van der Waals surface area contributed by atoms with E-state index in [0.717, 1.165) is 12.0 Å². The van der Waals surface area contributed by atoms with Crippen LogP contribution in [0.5, 0.6) is 0 Å². The minimum atomic E-state index is 0.179. The maximum Gasteiger partial charge on any atom is 0.155 e. The van der Waals surface area contributed by atoms with Gasteiger partial charge >= 0.3 is 0 Å². The first kappa shape index (κ1) is 14.1. The Bertz CT molecular complexity index is 480. The molecule has 0 aliphatic carbocycles. The van der Waals surface area contributed by atoms with Gasteiger partial charge in [-0.15, -0.1) is 13.0 Å². The first-order valence-electron chi connectivity index (χ1n) is 6.04. The van der Waals surface area contributed by atoms with Gasteiger partial charge in [0.25, 0.3) is 0 Å². The van der Waals surface area contributed by atoms with Crippen molar-refractivity contribution in [2.24, 2.45) is 0 Å². The second kappa shape index (κ2) is 6.70. The zero-order valence-electron chi connectivity index (χ0n) is 11.2. The number of quaternary nitrogens is 1. The van der Waals surface area contributed by atoms with Gasteiger partial charge in [-0.3, -0.25) is 0 Å². The standard InChI is InChI=1S/C17H20N/c1-5-10-17(18(3,4)15-6-2)14-13-16-11-8-7-9-12-16/h2,5,7-9,11-12,17H,1,10,15H2,3-4H3/q+1/t17-/m0/s1. The van der Waals surface area contributed by atoms with E-state index in [-0.39, 0.29) is 6.04 Å². The molecule has 0 saturated carbocycles. The van der Waals surface area contributed by atoms with E-state index in [4.69, 9.17) is 6.42 Å². The summed E-state index contributed by atoms with van der Waals surface area (Å²) in [7, 11) is 4.21. The van der Waals surface area contributed by atoms with Gasteiger partial charge in [0, 0.05) is 12.0 Å². The van der Waals surface area contributed by atoms with Gasteiger partial charge in [-0.1, -0.05) is 30.2 Å². The average Bonchev–Trinajstić information content (AvgIpc) is 2.35. The first-order valence-corrected chi connectivity index (χ1v) is 6.04. The lowest BCUT2D eigenvalue weighted by Gasteiger charge is -2.32. The van der Waals surface area contributed by atoms with Crippen LogP contribution in [-0.2, 0) is 0 Å². The Balaban J connectivity index is 2.91. The van der Waals surface area contributed by atoms with Gasteiger partial charge in [-0.05, 0) is 24.0 Å². The Morgan fingerprint density at radius 2 is 2.00 bits per heavy atom. The minimum Gasteiger partial charge on any atom is -0.306 e. The third kappa shape index (κ3) is 4.13. The van der Waals surface area contributed by atoms with Crippen LogP contribution in [0.1, 0.15) is 12.0 Å². The molecule has 0 aliphatic heterocycles.